The minimum Gasteiger partial charge on any atom is -0.453 e. The smallest absolute Gasteiger partial charge is 0.261 e. The fraction of sp³-hybridized carbons (Fsp3) is 0.0417. The number of halogens is 1. The van der Waals surface area contributed by atoms with Crippen molar-refractivity contribution < 1.29 is 9.53 Å². The van der Waals surface area contributed by atoms with E-state index in [0.29, 0.717) is 37.8 Å². The van der Waals surface area contributed by atoms with Gasteiger partial charge >= 0.3 is 0 Å². The first-order valence-corrected chi connectivity index (χ1v) is 11.6. The number of ether oxygens (including phenoxy) is 1. The van der Waals surface area contributed by atoms with Gasteiger partial charge in [0.2, 0.25) is 0 Å². The average molecular weight is 505 g/mol. The lowest BCUT2D eigenvalue weighted by atomic mass is 10.2. The van der Waals surface area contributed by atoms with Crippen molar-refractivity contribution >= 4 is 28.8 Å². The second kappa shape index (κ2) is 9.92. The highest BCUT2D eigenvalue weighted by Crippen LogP contribution is 2.30. The molecule has 0 aliphatic rings. The lowest BCUT2D eigenvalue weighted by Gasteiger charge is -2.13. The van der Waals surface area contributed by atoms with Gasteiger partial charge in [-0.2, -0.15) is 0 Å². The lowest BCUT2D eigenvalue weighted by Crippen LogP contribution is -2.21. The summed E-state index contributed by atoms with van der Waals surface area (Å²) in [5.41, 5.74) is 1.60. The van der Waals surface area contributed by atoms with Crippen molar-refractivity contribution in [2.75, 3.05) is 0 Å². The molecule has 0 bridgehead atoms. The molecule has 5 rings (SSSR count). The summed E-state index contributed by atoms with van der Waals surface area (Å²) in [6, 6.07) is 17.1. The quantitative estimate of drug-likeness (QED) is 0.355. The van der Waals surface area contributed by atoms with Gasteiger partial charge in [-0.1, -0.05) is 22.9 Å². The molecule has 0 saturated heterocycles. The summed E-state index contributed by atoms with van der Waals surface area (Å²) in [5.74, 6) is 0.725. The maximum atomic E-state index is 12.3. The first-order valence-electron chi connectivity index (χ1n) is 10.4. The fourth-order valence-electron chi connectivity index (χ4n) is 3.29. The van der Waals surface area contributed by atoms with Crippen molar-refractivity contribution in [1.82, 2.24) is 29.9 Å². The Labute approximate surface area is 208 Å². The molecule has 0 atom stereocenters. The molecule has 1 aromatic carbocycles. The van der Waals surface area contributed by atoms with Crippen molar-refractivity contribution in [3.63, 3.8) is 0 Å². The zero-order valence-electron chi connectivity index (χ0n) is 18.0. The van der Waals surface area contributed by atoms with Gasteiger partial charge in [-0.05, 0) is 42.5 Å². The highest BCUT2D eigenvalue weighted by Gasteiger charge is 2.14. The molecule has 0 aliphatic heterocycles. The number of pyridine rings is 2. The van der Waals surface area contributed by atoms with Crippen LogP contribution in [-0.2, 0) is 6.54 Å². The molecule has 11 heteroatoms. The number of thiophene rings is 1. The van der Waals surface area contributed by atoms with Gasteiger partial charge in [-0.15, -0.1) is 16.4 Å². The first kappa shape index (κ1) is 22.5. The molecular formula is C24H17ClN6O3S. The summed E-state index contributed by atoms with van der Waals surface area (Å²) in [6.07, 6.45) is 6.61. The molecule has 4 aromatic heterocycles. The van der Waals surface area contributed by atoms with Crippen molar-refractivity contribution in [2.45, 2.75) is 6.54 Å². The van der Waals surface area contributed by atoms with Crippen LogP contribution in [0.2, 0.25) is 4.34 Å². The number of nitrogens with zero attached hydrogens (tertiary/aromatic N) is 5. The molecule has 0 spiro atoms. The van der Waals surface area contributed by atoms with Crippen LogP contribution in [-0.4, -0.2) is 30.5 Å². The zero-order valence-corrected chi connectivity index (χ0v) is 19.6. The van der Waals surface area contributed by atoms with E-state index >= 15 is 0 Å². The highest BCUT2D eigenvalue weighted by atomic mass is 35.5. The highest BCUT2D eigenvalue weighted by molar-refractivity contribution is 7.17. The third-order valence-electron chi connectivity index (χ3n) is 4.92. The molecule has 1 N–H and O–H groups in total. The van der Waals surface area contributed by atoms with Crippen molar-refractivity contribution in [2.24, 2.45) is 0 Å². The number of amides is 1. The van der Waals surface area contributed by atoms with Crippen molar-refractivity contribution in [1.29, 1.82) is 0 Å². The van der Waals surface area contributed by atoms with Crippen LogP contribution in [0.3, 0.4) is 0 Å². The third-order valence-corrected chi connectivity index (χ3v) is 6.15. The van der Waals surface area contributed by atoms with E-state index in [1.54, 1.807) is 84.1 Å². The van der Waals surface area contributed by atoms with E-state index in [9.17, 15) is 9.59 Å². The van der Waals surface area contributed by atoms with Crippen LogP contribution < -0.4 is 15.6 Å². The zero-order chi connectivity index (χ0) is 24.2. The number of benzene rings is 1. The monoisotopic (exact) mass is 504 g/mol. The Morgan fingerprint density at radius 3 is 2.80 bits per heavy atom. The standard InChI is InChI=1S/C24H17ClN6O3S/c25-22-9-8-21(35-22)24(33)27-13-16-15-31(29-28-16)19-7-6-17(30-11-2-1-5-23(30)32)12-20(19)34-18-4-3-10-26-14-18/h1-12,14-15H,13H2,(H,27,33). The Morgan fingerprint density at radius 1 is 1.11 bits per heavy atom. The summed E-state index contributed by atoms with van der Waals surface area (Å²) < 4.78 is 9.69. The first-order chi connectivity index (χ1) is 17.1. The van der Waals surface area contributed by atoms with E-state index in [-0.39, 0.29) is 18.0 Å². The van der Waals surface area contributed by atoms with Crippen molar-refractivity contribution in [3.05, 3.63) is 111 Å². The number of hydrogen-bond acceptors (Lipinski definition) is 7. The maximum absolute atomic E-state index is 12.3. The summed E-state index contributed by atoms with van der Waals surface area (Å²) >= 11 is 7.11. The van der Waals surface area contributed by atoms with Gasteiger partial charge in [0.05, 0.1) is 33.8 Å². The summed E-state index contributed by atoms with van der Waals surface area (Å²) in [5, 5.41) is 11.2. The molecule has 1 amide bonds. The summed E-state index contributed by atoms with van der Waals surface area (Å²) in [6.45, 7) is 0.185. The normalized spacial score (nSPS) is 10.8. The number of carbonyl (C=O) groups excluding carboxylic acids is 1. The average Bonchev–Trinajstić information content (AvgIpc) is 3.53. The Bertz CT molecular complexity index is 1550. The molecule has 0 fully saturated rings. The van der Waals surface area contributed by atoms with E-state index in [1.807, 2.05) is 0 Å². The summed E-state index contributed by atoms with van der Waals surface area (Å²) in [7, 11) is 0. The van der Waals surface area contributed by atoms with Gasteiger partial charge in [0.1, 0.15) is 17.1 Å². The lowest BCUT2D eigenvalue weighted by molar-refractivity contribution is 0.0954. The van der Waals surface area contributed by atoms with Gasteiger partial charge in [-0.3, -0.25) is 19.1 Å². The second-order valence-electron chi connectivity index (χ2n) is 7.29. The summed E-state index contributed by atoms with van der Waals surface area (Å²) in [4.78, 5) is 29.2. The molecule has 5 aromatic rings. The predicted molar refractivity (Wildman–Crippen MR) is 132 cm³/mol. The number of nitrogens with one attached hydrogen (secondary N) is 1. The molecule has 0 radical (unpaired) electrons. The Morgan fingerprint density at radius 2 is 2.03 bits per heavy atom. The van der Waals surface area contributed by atoms with Crippen molar-refractivity contribution in [3.8, 4) is 22.9 Å². The SMILES string of the molecule is O=C(NCc1cn(-c2ccc(-n3ccccc3=O)cc2Oc2cccnc2)nn1)c1ccc(Cl)s1. The maximum Gasteiger partial charge on any atom is 0.261 e. The van der Waals surface area contributed by atoms with Crippen LogP contribution in [0.1, 0.15) is 15.4 Å². The number of aromatic nitrogens is 5. The molecule has 0 saturated carbocycles. The van der Waals surface area contributed by atoms with E-state index in [2.05, 4.69) is 20.6 Å². The minimum absolute atomic E-state index is 0.168. The number of carbonyl (C=O) groups is 1. The molecular weight excluding hydrogens is 488 g/mol. The van der Waals surface area contributed by atoms with Crippen LogP contribution in [0.4, 0.5) is 0 Å². The van der Waals surface area contributed by atoms with E-state index in [0.717, 1.165) is 0 Å². The van der Waals surface area contributed by atoms with Gasteiger partial charge < -0.3 is 10.1 Å². The van der Waals surface area contributed by atoms with E-state index in [4.69, 9.17) is 16.3 Å². The Hall–Kier alpha value is -4.28. The topological polar surface area (TPSA) is 104 Å². The second-order valence-corrected chi connectivity index (χ2v) is 9.01. The predicted octanol–water partition coefficient (Wildman–Crippen LogP) is 4.25. The van der Waals surface area contributed by atoms with Crippen LogP contribution in [0.15, 0.2) is 90.2 Å². The van der Waals surface area contributed by atoms with Gasteiger partial charge in [-0.25, -0.2) is 4.68 Å². The fourth-order valence-corrected chi connectivity index (χ4v) is 4.25. The molecule has 0 unspecified atom stereocenters. The van der Waals surface area contributed by atoms with Gasteiger partial charge in [0, 0.05) is 24.5 Å². The van der Waals surface area contributed by atoms with Gasteiger partial charge in [0.15, 0.2) is 5.75 Å². The minimum atomic E-state index is -0.241. The van der Waals surface area contributed by atoms with Crippen LogP contribution >= 0.6 is 22.9 Å². The number of hydrogen-bond donors (Lipinski definition) is 1. The van der Waals surface area contributed by atoms with Crippen LogP contribution in [0.5, 0.6) is 11.5 Å². The molecule has 0 aliphatic carbocycles. The Kier molecular flexibility index (Phi) is 6.38. The van der Waals surface area contributed by atoms with E-state index in [1.165, 1.54) is 22.0 Å². The van der Waals surface area contributed by atoms with Crippen LogP contribution in [0, 0.1) is 0 Å². The van der Waals surface area contributed by atoms with E-state index < -0.39 is 0 Å². The largest absolute Gasteiger partial charge is 0.453 e. The number of rotatable bonds is 7. The van der Waals surface area contributed by atoms with Crippen LogP contribution in [0.25, 0.3) is 11.4 Å². The molecule has 174 valence electrons. The van der Waals surface area contributed by atoms with Gasteiger partial charge in [0.25, 0.3) is 11.5 Å². The molecule has 4 heterocycles. The molecule has 9 nitrogen and oxygen atoms in total. The third kappa shape index (κ3) is 5.13. The molecule has 35 heavy (non-hydrogen) atoms. The Balaban J connectivity index is 1.43.